The summed E-state index contributed by atoms with van der Waals surface area (Å²) in [6.45, 7) is 11.8. The molecule has 1 aliphatic rings. The average Bonchev–Trinajstić information content (AvgIpc) is 3.31. The summed E-state index contributed by atoms with van der Waals surface area (Å²) >= 11 is 0. The lowest BCUT2D eigenvalue weighted by atomic mass is 9.98. The van der Waals surface area contributed by atoms with Gasteiger partial charge in [-0.05, 0) is 58.9 Å². The number of halogens is 1. The fourth-order valence-electron chi connectivity index (χ4n) is 4.97. The maximum absolute atomic E-state index is 14.8. The van der Waals surface area contributed by atoms with E-state index in [1.165, 1.54) is 12.1 Å². The number of nitrogens with zero attached hydrogens (tertiary/aromatic N) is 6. The van der Waals surface area contributed by atoms with Gasteiger partial charge in [0.2, 0.25) is 0 Å². The molecule has 1 aliphatic heterocycles. The second kappa shape index (κ2) is 10.5. The summed E-state index contributed by atoms with van der Waals surface area (Å²) in [5.41, 5.74) is 1.37. The van der Waals surface area contributed by atoms with E-state index in [2.05, 4.69) is 14.9 Å². The van der Waals surface area contributed by atoms with Crippen molar-refractivity contribution in [2.45, 2.75) is 45.8 Å². The van der Waals surface area contributed by atoms with Gasteiger partial charge < -0.3 is 19.1 Å². The Kier molecular flexibility index (Phi) is 7.26. The molecule has 1 fully saturated rings. The Labute approximate surface area is 232 Å². The summed E-state index contributed by atoms with van der Waals surface area (Å²) in [4.78, 5) is 30.7. The number of ether oxygens (including phenoxy) is 3. The molecule has 0 aliphatic carbocycles. The Hall–Kier alpha value is -3.99. The van der Waals surface area contributed by atoms with Crippen LogP contribution < -0.4 is 9.64 Å². The largest absolute Gasteiger partial charge is 0.489 e. The van der Waals surface area contributed by atoms with Crippen molar-refractivity contribution in [1.82, 2.24) is 24.4 Å². The molecule has 1 aromatic carbocycles. The average molecular weight is 551 g/mol. The number of rotatable bonds is 6. The van der Waals surface area contributed by atoms with Crippen LogP contribution in [0.5, 0.6) is 5.75 Å². The van der Waals surface area contributed by atoms with Crippen LogP contribution in [0.4, 0.5) is 14.9 Å². The second-order valence-electron chi connectivity index (χ2n) is 11.5. The van der Waals surface area contributed by atoms with Gasteiger partial charge >= 0.3 is 6.09 Å². The van der Waals surface area contributed by atoms with E-state index < -0.39 is 11.1 Å². The van der Waals surface area contributed by atoms with Gasteiger partial charge in [0.1, 0.15) is 41.4 Å². The lowest BCUT2D eigenvalue weighted by Gasteiger charge is -2.47. The monoisotopic (exact) mass is 550 g/mol. The maximum atomic E-state index is 14.8. The number of aromatic nitrogens is 4. The quantitative estimate of drug-likeness (QED) is 0.311. The Bertz CT molecular complexity index is 1550. The van der Waals surface area contributed by atoms with Crippen molar-refractivity contribution in [3.05, 3.63) is 48.7 Å². The zero-order valence-electron chi connectivity index (χ0n) is 23.8. The number of benzene rings is 1. The molecule has 4 heterocycles. The van der Waals surface area contributed by atoms with Gasteiger partial charge in [-0.2, -0.15) is 0 Å². The number of hydrogen-bond donors (Lipinski definition) is 0. The molecule has 212 valence electrons. The van der Waals surface area contributed by atoms with E-state index in [0.29, 0.717) is 72.2 Å². The Morgan fingerprint density at radius 3 is 2.60 bits per heavy atom. The molecule has 10 nitrogen and oxygen atoms in total. The van der Waals surface area contributed by atoms with Gasteiger partial charge in [-0.3, -0.25) is 9.47 Å². The lowest BCUT2D eigenvalue weighted by Crippen LogP contribution is -2.61. The number of carbonyl (C=O) groups is 1. The molecule has 0 atom stereocenters. The Morgan fingerprint density at radius 1 is 1.07 bits per heavy atom. The first-order valence-electron chi connectivity index (χ1n) is 13.3. The highest BCUT2D eigenvalue weighted by Crippen LogP contribution is 2.33. The van der Waals surface area contributed by atoms with Crippen LogP contribution in [0.3, 0.4) is 0 Å². The van der Waals surface area contributed by atoms with Crippen molar-refractivity contribution in [2.24, 2.45) is 0 Å². The Balaban J connectivity index is 1.49. The molecule has 0 N–H and O–H groups in total. The number of methoxy groups -OCH3 is 1. The molecule has 0 spiro atoms. The third kappa shape index (κ3) is 5.51. The molecule has 0 radical (unpaired) electrons. The van der Waals surface area contributed by atoms with Crippen LogP contribution in [0.2, 0.25) is 0 Å². The molecule has 0 unspecified atom stereocenters. The summed E-state index contributed by atoms with van der Waals surface area (Å²) < 4.78 is 33.1. The minimum absolute atomic E-state index is 0.350. The SMILES string of the molecule is COCCOc1ccnc2c1ncn2-c1ccc2cc(F)cc(N3CCN(C(=O)OC(C)(C)C)C(C)(C)C3)c2n1. The van der Waals surface area contributed by atoms with Crippen LogP contribution in [-0.2, 0) is 9.47 Å². The molecular weight excluding hydrogens is 515 g/mol. The summed E-state index contributed by atoms with van der Waals surface area (Å²) in [5.74, 6) is 0.850. The molecule has 4 aromatic rings. The van der Waals surface area contributed by atoms with Crippen LogP contribution in [-0.4, -0.2) is 81.6 Å². The van der Waals surface area contributed by atoms with Gasteiger partial charge in [0.05, 0.1) is 23.3 Å². The van der Waals surface area contributed by atoms with Crippen molar-refractivity contribution < 1.29 is 23.4 Å². The van der Waals surface area contributed by atoms with E-state index in [9.17, 15) is 9.18 Å². The molecule has 5 rings (SSSR count). The van der Waals surface area contributed by atoms with Crippen molar-refractivity contribution in [1.29, 1.82) is 0 Å². The highest BCUT2D eigenvalue weighted by Gasteiger charge is 2.39. The summed E-state index contributed by atoms with van der Waals surface area (Å²) in [6.07, 6.45) is 2.96. The first-order valence-corrected chi connectivity index (χ1v) is 13.3. The van der Waals surface area contributed by atoms with Crippen molar-refractivity contribution in [2.75, 3.05) is 44.9 Å². The van der Waals surface area contributed by atoms with Gasteiger partial charge in [-0.25, -0.2) is 24.1 Å². The highest BCUT2D eigenvalue weighted by molar-refractivity contribution is 5.92. The third-order valence-electron chi connectivity index (χ3n) is 6.77. The molecule has 11 heteroatoms. The summed E-state index contributed by atoms with van der Waals surface area (Å²) in [6, 6.07) is 8.41. The predicted molar refractivity (Wildman–Crippen MR) is 151 cm³/mol. The predicted octanol–water partition coefficient (Wildman–Crippen LogP) is 4.97. The summed E-state index contributed by atoms with van der Waals surface area (Å²) in [7, 11) is 1.62. The standard InChI is InChI=1S/C29H35FN6O4/c1-28(2,3)40-27(37)36-12-11-34(17-29(36,4)5)21-16-20(30)15-19-7-8-23(33-24(19)21)35-18-32-25-22(39-14-13-38-6)9-10-31-26(25)35/h7-10,15-16,18H,11-14,17H2,1-6H3. The maximum Gasteiger partial charge on any atom is 0.410 e. The van der Waals surface area contributed by atoms with E-state index in [1.807, 2.05) is 46.8 Å². The lowest BCUT2D eigenvalue weighted by molar-refractivity contribution is 0.000390. The fourth-order valence-corrected chi connectivity index (χ4v) is 4.97. The molecule has 0 saturated carbocycles. The zero-order chi connectivity index (χ0) is 28.7. The molecule has 1 saturated heterocycles. The van der Waals surface area contributed by atoms with Crippen LogP contribution in [0.1, 0.15) is 34.6 Å². The van der Waals surface area contributed by atoms with E-state index in [-0.39, 0.29) is 11.9 Å². The third-order valence-corrected chi connectivity index (χ3v) is 6.77. The summed E-state index contributed by atoms with van der Waals surface area (Å²) in [5, 5.41) is 0.673. The second-order valence-corrected chi connectivity index (χ2v) is 11.5. The number of amides is 1. The zero-order valence-corrected chi connectivity index (χ0v) is 23.8. The van der Waals surface area contributed by atoms with Gasteiger partial charge in [-0.15, -0.1) is 0 Å². The molecular formula is C29H35FN6O4. The van der Waals surface area contributed by atoms with Crippen LogP contribution in [0, 0.1) is 5.82 Å². The molecule has 40 heavy (non-hydrogen) atoms. The highest BCUT2D eigenvalue weighted by atomic mass is 19.1. The Morgan fingerprint density at radius 2 is 1.88 bits per heavy atom. The van der Waals surface area contributed by atoms with Crippen LogP contribution >= 0.6 is 0 Å². The fraction of sp³-hybridized carbons (Fsp3) is 0.448. The number of pyridine rings is 2. The number of piperazine rings is 1. The number of anilines is 1. The molecule has 3 aromatic heterocycles. The normalized spacial score (nSPS) is 15.6. The van der Waals surface area contributed by atoms with E-state index in [1.54, 1.807) is 35.2 Å². The topological polar surface area (TPSA) is 94.8 Å². The first kappa shape index (κ1) is 27.6. The van der Waals surface area contributed by atoms with Gasteiger partial charge in [0.25, 0.3) is 0 Å². The van der Waals surface area contributed by atoms with E-state index in [4.69, 9.17) is 19.2 Å². The van der Waals surface area contributed by atoms with Gasteiger partial charge in [0.15, 0.2) is 5.65 Å². The minimum atomic E-state index is -0.591. The van der Waals surface area contributed by atoms with Crippen molar-refractivity contribution >= 4 is 33.8 Å². The van der Waals surface area contributed by atoms with E-state index in [0.717, 1.165) is 0 Å². The first-order chi connectivity index (χ1) is 19.0. The number of imidazole rings is 1. The van der Waals surface area contributed by atoms with Gasteiger partial charge in [0, 0.05) is 44.4 Å². The van der Waals surface area contributed by atoms with Crippen molar-refractivity contribution in [3.63, 3.8) is 0 Å². The van der Waals surface area contributed by atoms with Gasteiger partial charge in [-0.1, -0.05) is 0 Å². The number of carbonyl (C=O) groups excluding carboxylic acids is 1. The smallest absolute Gasteiger partial charge is 0.410 e. The molecule has 1 amide bonds. The number of hydrogen-bond acceptors (Lipinski definition) is 8. The van der Waals surface area contributed by atoms with Crippen LogP contribution in [0.15, 0.2) is 42.9 Å². The molecule has 0 bridgehead atoms. The van der Waals surface area contributed by atoms with Crippen LogP contribution in [0.25, 0.3) is 27.9 Å². The minimum Gasteiger partial charge on any atom is -0.489 e. The van der Waals surface area contributed by atoms with E-state index >= 15 is 0 Å². The van der Waals surface area contributed by atoms with Crippen molar-refractivity contribution in [3.8, 4) is 11.6 Å². The number of fused-ring (bicyclic) bond motifs is 2.